The molecule has 2 aromatic carbocycles. The van der Waals surface area contributed by atoms with E-state index in [1.165, 1.54) is 0 Å². The van der Waals surface area contributed by atoms with Crippen molar-refractivity contribution in [3.05, 3.63) is 64.7 Å². The molecule has 4 nitrogen and oxygen atoms in total. The summed E-state index contributed by atoms with van der Waals surface area (Å²) in [4.78, 5) is 12.5. The number of benzene rings is 2. The number of fused-ring (bicyclic) bond motifs is 1. The lowest BCUT2D eigenvalue weighted by atomic mass is 10.0. The first kappa shape index (κ1) is 16.5. The van der Waals surface area contributed by atoms with E-state index in [0.717, 1.165) is 40.8 Å². The molecule has 0 fully saturated rings. The van der Waals surface area contributed by atoms with E-state index in [4.69, 9.17) is 0 Å². The molecule has 4 heteroatoms. The number of para-hydroxylation sites is 1. The molecule has 2 aromatic rings. The number of nitrogens with one attached hydrogen (secondary N) is 2. The van der Waals surface area contributed by atoms with Gasteiger partial charge in [0.25, 0.3) is 0 Å². The Morgan fingerprint density at radius 3 is 2.42 bits per heavy atom. The van der Waals surface area contributed by atoms with Gasteiger partial charge in [0.05, 0.1) is 12.1 Å². The molecule has 0 heterocycles. The summed E-state index contributed by atoms with van der Waals surface area (Å²) in [6, 6.07) is 13.3. The molecule has 126 valence electrons. The lowest BCUT2D eigenvalue weighted by molar-refractivity contribution is 0.144. The molecular formula is C20H24N2O2. The Morgan fingerprint density at radius 1 is 1.08 bits per heavy atom. The predicted octanol–water partition coefficient (Wildman–Crippen LogP) is 3.59. The van der Waals surface area contributed by atoms with Crippen molar-refractivity contribution < 1.29 is 9.90 Å². The summed E-state index contributed by atoms with van der Waals surface area (Å²) in [6.07, 6.45) is 1.71. The maximum atomic E-state index is 12.5. The monoisotopic (exact) mass is 324 g/mol. The van der Waals surface area contributed by atoms with E-state index in [1.807, 2.05) is 42.5 Å². The van der Waals surface area contributed by atoms with Gasteiger partial charge in [-0.1, -0.05) is 56.3 Å². The van der Waals surface area contributed by atoms with Crippen LogP contribution in [0.25, 0.3) is 0 Å². The van der Waals surface area contributed by atoms with Crippen LogP contribution in [0.15, 0.2) is 42.5 Å². The molecule has 0 bridgehead atoms. The highest BCUT2D eigenvalue weighted by Crippen LogP contribution is 2.31. The molecule has 1 aliphatic carbocycles. The third kappa shape index (κ3) is 3.15. The predicted molar refractivity (Wildman–Crippen MR) is 96.2 cm³/mol. The normalized spacial score (nSPS) is 19.0. The average Bonchev–Trinajstić information content (AvgIpc) is 2.90. The third-order valence-corrected chi connectivity index (χ3v) is 4.73. The first-order valence-corrected chi connectivity index (χ1v) is 8.58. The fraction of sp³-hybridized carbons (Fsp3) is 0.350. The first-order chi connectivity index (χ1) is 11.6. The first-order valence-electron chi connectivity index (χ1n) is 8.58. The van der Waals surface area contributed by atoms with Crippen molar-refractivity contribution in [2.24, 2.45) is 0 Å². The number of carbonyl (C=O) groups excluding carboxylic acids is 1. The number of hydrogen-bond donors (Lipinski definition) is 3. The Bertz CT molecular complexity index is 720. The van der Waals surface area contributed by atoms with Crippen LogP contribution in [0.3, 0.4) is 0 Å². The van der Waals surface area contributed by atoms with Crippen LogP contribution in [-0.2, 0) is 19.3 Å². The van der Waals surface area contributed by atoms with Crippen LogP contribution in [-0.4, -0.2) is 17.2 Å². The van der Waals surface area contributed by atoms with Crippen molar-refractivity contribution in [3.63, 3.8) is 0 Å². The summed E-state index contributed by atoms with van der Waals surface area (Å²) in [5, 5.41) is 16.2. The fourth-order valence-electron chi connectivity index (χ4n) is 3.44. The van der Waals surface area contributed by atoms with E-state index in [9.17, 15) is 9.90 Å². The summed E-state index contributed by atoms with van der Waals surface area (Å²) in [5.41, 5.74) is 5.23. The van der Waals surface area contributed by atoms with Gasteiger partial charge in [0.2, 0.25) is 0 Å². The van der Waals surface area contributed by atoms with Crippen LogP contribution in [0.2, 0.25) is 0 Å². The number of urea groups is 1. The van der Waals surface area contributed by atoms with Gasteiger partial charge in [0, 0.05) is 12.1 Å². The van der Waals surface area contributed by atoms with Gasteiger partial charge in [-0.2, -0.15) is 0 Å². The highest BCUT2D eigenvalue weighted by atomic mass is 16.3. The van der Waals surface area contributed by atoms with Gasteiger partial charge in [-0.3, -0.25) is 0 Å². The zero-order valence-electron chi connectivity index (χ0n) is 14.2. The van der Waals surface area contributed by atoms with Gasteiger partial charge in [-0.05, 0) is 35.1 Å². The second kappa shape index (κ2) is 7.05. The third-order valence-electron chi connectivity index (χ3n) is 4.73. The van der Waals surface area contributed by atoms with Crippen molar-refractivity contribution in [2.45, 2.75) is 45.3 Å². The van der Waals surface area contributed by atoms with Crippen molar-refractivity contribution in [2.75, 3.05) is 5.32 Å². The molecule has 0 aliphatic heterocycles. The minimum atomic E-state index is -0.583. The highest BCUT2D eigenvalue weighted by molar-refractivity contribution is 5.91. The Balaban J connectivity index is 1.78. The quantitative estimate of drug-likeness (QED) is 0.805. The van der Waals surface area contributed by atoms with E-state index in [1.54, 1.807) is 0 Å². The average molecular weight is 324 g/mol. The lowest BCUT2D eigenvalue weighted by Gasteiger charge is -2.20. The molecule has 0 saturated heterocycles. The van der Waals surface area contributed by atoms with Crippen LogP contribution in [0.1, 0.15) is 42.1 Å². The minimum Gasteiger partial charge on any atom is -0.390 e. The second-order valence-corrected chi connectivity index (χ2v) is 6.20. The summed E-state index contributed by atoms with van der Waals surface area (Å²) < 4.78 is 0. The lowest BCUT2D eigenvalue weighted by Crippen LogP contribution is -2.37. The van der Waals surface area contributed by atoms with E-state index in [0.29, 0.717) is 6.42 Å². The SMILES string of the molecule is CCc1cccc(CC)c1NC(=O)N[C@@H]1c2ccccc2C[C@@H]1O. The van der Waals surface area contributed by atoms with Gasteiger partial charge in [-0.25, -0.2) is 4.79 Å². The van der Waals surface area contributed by atoms with Crippen LogP contribution in [0.4, 0.5) is 10.5 Å². The molecule has 2 amide bonds. The molecule has 0 saturated carbocycles. The van der Waals surface area contributed by atoms with Crippen LogP contribution < -0.4 is 10.6 Å². The molecular weight excluding hydrogens is 300 g/mol. The largest absolute Gasteiger partial charge is 0.390 e. The minimum absolute atomic E-state index is 0.272. The number of carbonyl (C=O) groups is 1. The number of aliphatic hydroxyl groups excluding tert-OH is 1. The van der Waals surface area contributed by atoms with Crippen LogP contribution in [0, 0.1) is 0 Å². The highest BCUT2D eigenvalue weighted by Gasteiger charge is 2.32. The molecule has 0 unspecified atom stereocenters. The molecule has 3 N–H and O–H groups in total. The Hall–Kier alpha value is -2.33. The van der Waals surface area contributed by atoms with Gasteiger partial charge < -0.3 is 15.7 Å². The maximum absolute atomic E-state index is 12.5. The van der Waals surface area contributed by atoms with E-state index < -0.39 is 6.10 Å². The van der Waals surface area contributed by atoms with Crippen LogP contribution in [0.5, 0.6) is 0 Å². The maximum Gasteiger partial charge on any atom is 0.319 e. The molecule has 2 atom stereocenters. The fourth-order valence-corrected chi connectivity index (χ4v) is 3.44. The number of hydrogen-bond acceptors (Lipinski definition) is 2. The van der Waals surface area contributed by atoms with Crippen molar-refractivity contribution in [1.29, 1.82) is 0 Å². The smallest absolute Gasteiger partial charge is 0.319 e. The number of aliphatic hydroxyl groups is 1. The molecule has 24 heavy (non-hydrogen) atoms. The molecule has 0 radical (unpaired) electrons. The van der Waals surface area contributed by atoms with Crippen LogP contribution >= 0.6 is 0 Å². The van der Waals surface area contributed by atoms with Gasteiger partial charge >= 0.3 is 6.03 Å². The number of anilines is 1. The van der Waals surface area contributed by atoms with Crippen molar-refractivity contribution in [3.8, 4) is 0 Å². The van der Waals surface area contributed by atoms with Gasteiger partial charge in [-0.15, -0.1) is 0 Å². The number of amides is 2. The summed E-state index contributed by atoms with van der Waals surface area (Å²) in [5.74, 6) is 0. The summed E-state index contributed by atoms with van der Waals surface area (Å²) >= 11 is 0. The topological polar surface area (TPSA) is 61.4 Å². The zero-order valence-corrected chi connectivity index (χ0v) is 14.2. The molecule has 3 rings (SSSR count). The molecule has 0 aromatic heterocycles. The molecule has 1 aliphatic rings. The summed E-state index contributed by atoms with van der Waals surface area (Å²) in [6.45, 7) is 4.16. The van der Waals surface area contributed by atoms with Crippen molar-refractivity contribution in [1.82, 2.24) is 5.32 Å². The van der Waals surface area contributed by atoms with Gasteiger partial charge in [0.1, 0.15) is 0 Å². The molecule has 0 spiro atoms. The van der Waals surface area contributed by atoms with E-state index in [2.05, 4.69) is 24.5 Å². The second-order valence-electron chi connectivity index (χ2n) is 6.20. The standard InChI is InChI=1S/C20H24N2O2/c1-3-13-9-7-10-14(4-2)18(13)21-20(24)22-19-16-11-6-5-8-15(16)12-17(19)23/h5-11,17,19,23H,3-4,12H2,1-2H3,(H2,21,22,24)/t17-,19+/m0/s1. The van der Waals surface area contributed by atoms with Crippen molar-refractivity contribution >= 4 is 11.7 Å². The number of rotatable bonds is 4. The zero-order chi connectivity index (χ0) is 17.1. The Kier molecular flexibility index (Phi) is 4.86. The van der Waals surface area contributed by atoms with E-state index in [-0.39, 0.29) is 12.1 Å². The summed E-state index contributed by atoms with van der Waals surface area (Å²) in [7, 11) is 0. The number of aryl methyl sites for hydroxylation is 2. The van der Waals surface area contributed by atoms with Gasteiger partial charge in [0.15, 0.2) is 0 Å². The Morgan fingerprint density at radius 2 is 1.75 bits per heavy atom. The Labute approximate surface area is 142 Å². The van der Waals surface area contributed by atoms with E-state index >= 15 is 0 Å².